The van der Waals surface area contributed by atoms with Crippen LogP contribution in [0.3, 0.4) is 0 Å². The Morgan fingerprint density at radius 2 is 1.87 bits per heavy atom. The number of likely N-dealkylation sites (tertiary alicyclic amines) is 1. The maximum absolute atomic E-state index is 12.1. The average Bonchev–Trinajstić information content (AvgIpc) is 3.09. The Labute approximate surface area is 139 Å². The summed E-state index contributed by atoms with van der Waals surface area (Å²) in [6.07, 6.45) is 7.62. The highest BCUT2D eigenvalue weighted by Crippen LogP contribution is 2.26. The molecule has 1 heterocycles. The maximum atomic E-state index is 12.1. The lowest BCUT2D eigenvalue weighted by atomic mass is 10.0. The average molecular weight is 316 g/mol. The fraction of sp³-hybridized carbons (Fsp3) is 0.632. The topological polar surface area (TPSA) is 41.6 Å². The molecule has 0 radical (unpaired) electrons. The van der Waals surface area contributed by atoms with E-state index in [-0.39, 0.29) is 12.5 Å². The molecule has 0 aromatic heterocycles. The number of rotatable bonds is 5. The van der Waals surface area contributed by atoms with Crippen LogP contribution in [0.1, 0.15) is 44.1 Å². The Kier molecular flexibility index (Phi) is 5.55. The molecule has 1 aromatic rings. The van der Waals surface area contributed by atoms with Crippen LogP contribution < -0.4 is 10.1 Å². The summed E-state index contributed by atoms with van der Waals surface area (Å²) in [5.74, 6) is 0.784. The van der Waals surface area contributed by atoms with Gasteiger partial charge in [-0.05, 0) is 44.2 Å². The molecular weight excluding hydrogens is 288 g/mol. The van der Waals surface area contributed by atoms with Crippen LogP contribution in [-0.2, 0) is 4.79 Å². The smallest absolute Gasteiger partial charge is 0.258 e. The summed E-state index contributed by atoms with van der Waals surface area (Å²) >= 11 is 0. The molecule has 126 valence electrons. The third kappa shape index (κ3) is 4.47. The molecule has 1 aromatic carbocycles. The fourth-order valence-corrected chi connectivity index (χ4v) is 3.81. The number of nitrogens with zero attached hydrogens (tertiary/aromatic N) is 1. The number of piperidine rings is 1. The largest absolute Gasteiger partial charge is 0.484 e. The van der Waals surface area contributed by atoms with E-state index in [9.17, 15) is 4.79 Å². The highest BCUT2D eigenvalue weighted by molar-refractivity contribution is 5.77. The van der Waals surface area contributed by atoms with Gasteiger partial charge in [-0.3, -0.25) is 4.79 Å². The SMILES string of the molecule is Cc1ccccc1OCC(=O)NC1CCN(C2CCCC2)CC1. The van der Waals surface area contributed by atoms with Crippen LogP contribution in [0.15, 0.2) is 24.3 Å². The van der Waals surface area contributed by atoms with Crippen LogP contribution in [0, 0.1) is 6.92 Å². The van der Waals surface area contributed by atoms with Crippen molar-refractivity contribution >= 4 is 5.91 Å². The monoisotopic (exact) mass is 316 g/mol. The van der Waals surface area contributed by atoms with Gasteiger partial charge in [-0.2, -0.15) is 0 Å². The van der Waals surface area contributed by atoms with Crippen molar-refractivity contribution in [2.45, 2.75) is 57.5 Å². The van der Waals surface area contributed by atoms with Gasteiger partial charge in [0.2, 0.25) is 0 Å². The molecule has 1 saturated heterocycles. The van der Waals surface area contributed by atoms with Crippen LogP contribution in [0.4, 0.5) is 0 Å². The van der Waals surface area contributed by atoms with Gasteiger partial charge in [0.25, 0.3) is 5.91 Å². The number of nitrogens with one attached hydrogen (secondary N) is 1. The van der Waals surface area contributed by atoms with Gasteiger partial charge in [0, 0.05) is 25.2 Å². The number of benzene rings is 1. The van der Waals surface area contributed by atoms with Crippen molar-refractivity contribution in [3.63, 3.8) is 0 Å². The normalized spacial score (nSPS) is 20.6. The zero-order valence-electron chi connectivity index (χ0n) is 14.1. The van der Waals surface area contributed by atoms with Crippen LogP contribution in [0.25, 0.3) is 0 Å². The second-order valence-corrected chi connectivity index (χ2v) is 6.87. The molecule has 0 unspecified atom stereocenters. The minimum absolute atomic E-state index is 0.00688. The maximum Gasteiger partial charge on any atom is 0.258 e. The van der Waals surface area contributed by atoms with Crippen molar-refractivity contribution in [3.05, 3.63) is 29.8 Å². The molecule has 4 nitrogen and oxygen atoms in total. The van der Waals surface area contributed by atoms with E-state index in [4.69, 9.17) is 4.74 Å². The Morgan fingerprint density at radius 3 is 2.57 bits per heavy atom. The fourth-order valence-electron chi connectivity index (χ4n) is 3.81. The van der Waals surface area contributed by atoms with E-state index < -0.39 is 0 Å². The van der Waals surface area contributed by atoms with E-state index in [1.54, 1.807) is 0 Å². The number of carbonyl (C=O) groups is 1. The standard InChI is InChI=1S/C19H28N2O2/c1-15-6-2-5-9-18(15)23-14-19(22)20-16-10-12-21(13-11-16)17-7-3-4-8-17/h2,5-6,9,16-17H,3-4,7-8,10-14H2,1H3,(H,20,22). The first kappa shape index (κ1) is 16.3. The number of hydrogen-bond donors (Lipinski definition) is 1. The molecule has 1 amide bonds. The van der Waals surface area contributed by atoms with E-state index in [0.29, 0.717) is 6.04 Å². The third-order valence-electron chi connectivity index (χ3n) is 5.19. The molecule has 4 heteroatoms. The molecule has 0 bridgehead atoms. The van der Waals surface area contributed by atoms with E-state index in [1.165, 1.54) is 25.7 Å². The van der Waals surface area contributed by atoms with Crippen molar-refractivity contribution in [1.29, 1.82) is 0 Å². The molecule has 1 aliphatic carbocycles. The van der Waals surface area contributed by atoms with Gasteiger partial charge in [-0.25, -0.2) is 0 Å². The van der Waals surface area contributed by atoms with Crippen molar-refractivity contribution in [2.75, 3.05) is 19.7 Å². The second kappa shape index (κ2) is 7.82. The van der Waals surface area contributed by atoms with Gasteiger partial charge < -0.3 is 15.0 Å². The highest BCUT2D eigenvalue weighted by Gasteiger charge is 2.27. The first-order chi connectivity index (χ1) is 11.2. The molecular formula is C19H28N2O2. The van der Waals surface area contributed by atoms with Crippen LogP contribution in [0.5, 0.6) is 5.75 Å². The number of aryl methyl sites for hydroxylation is 1. The molecule has 3 rings (SSSR count). The second-order valence-electron chi connectivity index (χ2n) is 6.87. The highest BCUT2D eigenvalue weighted by atomic mass is 16.5. The minimum atomic E-state index is -0.00688. The van der Waals surface area contributed by atoms with Crippen LogP contribution in [-0.4, -0.2) is 42.6 Å². The molecule has 2 aliphatic rings. The van der Waals surface area contributed by atoms with Crippen molar-refractivity contribution in [1.82, 2.24) is 10.2 Å². The van der Waals surface area contributed by atoms with Crippen LogP contribution in [0.2, 0.25) is 0 Å². The first-order valence-electron chi connectivity index (χ1n) is 8.94. The summed E-state index contributed by atoms with van der Waals surface area (Å²) < 4.78 is 5.62. The third-order valence-corrected chi connectivity index (χ3v) is 5.19. The number of ether oxygens (including phenoxy) is 1. The van der Waals surface area contributed by atoms with Gasteiger partial charge in [-0.15, -0.1) is 0 Å². The zero-order valence-corrected chi connectivity index (χ0v) is 14.1. The van der Waals surface area contributed by atoms with Crippen molar-refractivity contribution < 1.29 is 9.53 Å². The Hall–Kier alpha value is -1.55. The quantitative estimate of drug-likeness (QED) is 0.908. The summed E-state index contributed by atoms with van der Waals surface area (Å²) in [4.78, 5) is 14.7. The molecule has 0 spiro atoms. The van der Waals surface area contributed by atoms with Gasteiger partial charge in [0.15, 0.2) is 6.61 Å². The first-order valence-corrected chi connectivity index (χ1v) is 8.94. The molecule has 1 N–H and O–H groups in total. The molecule has 1 aliphatic heterocycles. The number of hydrogen-bond acceptors (Lipinski definition) is 3. The number of amides is 1. The number of para-hydroxylation sites is 1. The zero-order chi connectivity index (χ0) is 16.1. The van der Waals surface area contributed by atoms with Gasteiger partial charge >= 0.3 is 0 Å². The predicted octanol–water partition coefficient (Wildman–Crippen LogP) is 2.90. The summed E-state index contributed by atoms with van der Waals surface area (Å²) in [7, 11) is 0. The van der Waals surface area contributed by atoms with E-state index in [2.05, 4.69) is 10.2 Å². The van der Waals surface area contributed by atoms with Gasteiger partial charge in [-0.1, -0.05) is 31.0 Å². The molecule has 0 atom stereocenters. The summed E-state index contributed by atoms with van der Waals surface area (Å²) in [5, 5.41) is 3.13. The Balaban J connectivity index is 1.38. The van der Waals surface area contributed by atoms with Crippen LogP contribution >= 0.6 is 0 Å². The van der Waals surface area contributed by atoms with Gasteiger partial charge in [0.1, 0.15) is 5.75 Å². The lowest BCUT2D eigenvalue weighted by Gasteiger charge is -2.36. The predicted molar refractivity (Wildman–Crippen MR) is 91.7 cm³/mol. The minimum Gasteiger partial charge on any atom is -0.484 e. The number of carbonyl (C=O) groups excluding carboxylic acids is 1. The molecule has 2 fully saturated rings. The van der Waals surface area contributed by atoms with Crippen molar-refractivity contribution in [2.24, 2.45) is 0 Å². The van der Waals surface area contributed by atoms with Gasteiger partial charge in [0.05, 0.1) is 0 Å². The lowest BCUT2D eigenvalue weighted by Crippen LogP contribution is -2.48. The Morgan fingerprint density at radius 1 is 1.17 bits per heavy atom. The summed E-state index contributed by atoms with van der Waals surface area (Å²) in [6.45, 7) is 4.34. The van der Waals surface area contributed by atoms with E-state index in [0.717, 1.165) is 43.3 Å². The lowest BCUT2D eigenvalue weighted by molar-refractivity contribution is -0.124. The molecule has 1 saturated carbocycles. The Bertz CT molecular complexity index is 518. The summed E-state index contributed by atoms with van der Waals surface area (Å²) in [6, 6.07) is 8.91. The summed E-state index contributed by atoms with van der Waals surface area (Å²) in [5.41, 5.74) is 1.06. The van der Waals surface area contributed by atoms with Crippen molar-refractivity contribution in [3.8, 4) is 5.75 Å². The van der Waals surface area contributed by atoms with E-state index >= 15 is 0 Å². The molecule has 23 heavy (non-hydrogen) atoms. The van der Waals surface area contributed by atoms with E-state index in [1.807, 2.05) is 31.2 Å².